The molecule has 0 amide bonds. The van der Waals surface area contributed by atoms with Crippen LogP contribution >= 0.6 is 0 Å². The Morgan fingerprint density at radius 2 is 1.53 bits per heavy atom. The average molecular weight is 470 g/mol. The quantitative estimate of drug-likeness (QED) is 0.403. The van der Waals surface area contributed by atoms with E-state index in [1.807, 2.05) is 3.28 Å². The summed E-state index contributed by atoms with van der Waals surface area (Å²) in [5.74, 6) is 3.81. The number of rotatable bonds is 3. The molecular formula is C29H30Zr. The van der Waals surface area contributed by atoms with Crippen LogP contribution in [0.3, 0.4) is 0 Å². The van der Waals surface area contributed by atoms with Gasteiger partial charge in [-0.3, -0.25) is 0 Å². The van der Waals surface area contributed by atoms with Gasteiger partial charge in [0.05, 0.1) is 0 Å². The first kappa shape index (κ1) is 18.4. The summed E-state index contributed by atoms with van der Waals surface area (Å²) in [4.78, 5) is 0. The van der Waals surface area contributed by atoms with E-state index in [2.05, 4.69) is 61.5 Å². The fourth-order valence-electron chi connectivity index (χ4n) is 8.08. The SMILES string of the molecule is CC1C=C(C23CC4CC(CC(C4)C2)C3)C=[C]1[Zr][c]1cccc2c1Cc1ccccc1-2. The molecule has 1 atom stereocenters. The van der Waals surface area contributed by atoms with Crippen molar-refractivity contribution in [2.45, 2.75) is 51.9 Å². The Morgan fingerprint density at radius 3 is 2.30 bits per heavy atom. The van der Waals surface area contributed by atoms with Gasteiger partial charge in [0.2, 0.25) is 0 Å². The molecule has 4 saturated carbocycles. The molecule has 0 spiro atoms. The second-order valence-corrected chi connectivity index (χ2v) is 14.4. The third-order valence-electron chi connectivity index (χ3n) is 9.01. The van der Waals surface area contributed by atoms with E-state index < -0.39 is 23.2 Å². The van der Waals surface area contributed by atoms with Gasteiger partial charge in [-0.1, -0.05) is 0 Å². The van der Waals surface area contributed by atoms with Crippen LogP contribution in [0.4, 0.5) is 0 Å². The van der Waals surface area contributed by atoms with E-state index in [-0.39, 0.29) is 0 Å². The van der Waals surface area contributed by atoms with Gasteiger partial charge in [-0.15, -0.1) is 0 Å². The van der Waals surface area contributed by atoms with Crippen LogP contribution in [-0.2, 0) is 29.7 Å². The molecule has 2 aromatic carbocycles. The van der Waals surface area contributed by atoms with Crippen LogP contribution in [-0.4, -0.2) is 0 Å². The molecule has 150 valence electrons. The van der Waals surface area contributed by atoms with Crippen LogP contribution in [0.15, 0.2) is 63.5 Å². The molecule has 1 unspecified atom stereocenters. The van der Waals surface area contributed by atoms with Gasteiger partial charge in [0, 0.05) is 0 Å². The molecule has 4 bridgehead atoms. The van der Waals surface area contributed by atoms with Gasteiger partial charge in [0.1, 0.15) is 0 Å². The summed E-state index contributed by atoms with van der Waals surface area (Å²) in [5.41, 5.74) is 8.53. The monoisotopic (exact) mass is 468 g/mol. The maximum absolute atomic E-state index is 2.74. The van der Waals surface area contributed by atoms with Gasteiger partial charge in [0.15, 0.2) is 0 Å². The van der Waals surface area contributed by atoms with E-state index in [1.165, 1.54) is 36.0 Å². The minimum absolute atomic E-state index is 0.569. The van der Waals surface area contributed by atoms with Crippen molar-refractivity contribution < 1.29 is 23.2 Å². The van der Waals surface area contributed by atoms with E-state index in [0.717, 1.165) is 24.2 Å². The molecule has 1 heteroatoms. The molecular weight excluding hydrogens is 440 g/mol. The molecule has 0 aliphatic heterocycles. The summed E-state index contributed by atoms with van der Waals surface area (Å²) in [5, 5.41) is 0. The molecule has 0 N–H and O–H groups in total. The Hall–Kier alpha value is -1.20. The van der Waals surface area contributed by atoms with E-state index >= 15 is 0 Å². The summed E-state index contributed by atoms with van der Waals surface area (Å²) in [6, 6.07) is 16.2. The average Bonchev–Trinajstić information content (AvgIpc) is 3.29. The van der Waals surface area contributed by atoms with Crippen LogP contribution < -0.4 is 3.27 Å². The van der Waals surface area contributed by atoms with Crippen molar-refractivity contribution >= 4 is 3.27 Å². The number of benzene rings is 2. The summed E-state index contributed by atoms with van der Waals surface area (Å²) in [6.45, 7) is 2.48. The number of hydrogen-bond donors (Lipinski definition) is 0. The molecule has 0 radical (unpaired) electrons. The summed E-state index contributed by atoms with van der Waals surface area (Å²) < 4.78 is 3.55. The Kier molecular flexibility index (Phi) is 4.07. The summed E-state index contributed by atoms with van der Waals surface area (Å²) in [6.07, 6.45) is 15.8. The molecule has 6 aliphatic rings. The molecule has 0 aromatic heterocycles. The van der Waals surface area contributed by atoms with Crippen molar-refractivity contribution in [2.75, 3.05) is 0 Å². The normalized spacial score (nSPS) is 35.1. The van der Waals surface area contributed by atoms with Crippen LogP contribution in [0.25, 0.3) is 11.1 Å². The number of allylic oxidation sites excluding steroid dienone is 4. The van der Waals surface area contributed by atoms with Crippen molar-refractivity contribution in [2.24, 2.45) is 29.1 Å². The molecule has 0 nitrogen and oxygen atoms in total. The summed E-state index contributed by atoms with van der Waals surface area (Å²) >= 11 is -0.752. The predicted molar refractivity (Wildman–Crippen MR) is 120 cm³/mol. The predicted octanol–water partition coefficient (Wildman–Crippen LogP) is 6.64. The van der Waals surface area contributed by atoms with Crippen molar-refractivity contribution in [1.29, 1.82) is 0 Å². The molecule has 8 rings (SSSR count). The fourth-order valence-corrected chi connectivity index (χ4v) is 11.5. The standard InChI is InChI=1S/C16H21.C13H9.Zr/c1-11-2-3-15(4-11)16-8-12-5-13(9-16)7-14(6-12)10-16;1-3-7-12-10(5-1)9-11-6-2-4-8-13(11)12;/h3-4,11-14H,5-10H2,1H3;1-5,7-8H,9H2;. The van der Waals surface area contributed by atoms with E-state index in [0.29, 0.717) is 11.3 Å². The fraction of sp³-hybridized carbons (Fsp3) is 0.448. The topological polar surface area (TPSA) is 0 Å². The van der Waals surface area contributed by atoms with Crippen molar-refractivity contribution in [3.05, 3.63) is 74.6 Å². The molecule has 4 fully saturated rings. The number of hydrogen-bond acceptors (Lipinski definition) is 0. The van der Waals surface area contributed by atoms with Gasteiger partial charge in [-0.2, -0.15) is 0 Å². The number of fused-ring (bicyclic) bond motifs is 3. The Bertz CT molecular complexity index is 1070. The van der Waals surface area contributed by atoms with Crippen LogP contribution in [0.2, 0.25) is 0 Å². The van der Waals surface area contributed by atoms with Crippen molar-refractivity contribution in [3.63, 3.8) is 0 Å². The van der Waals surface area contributed by atoms with Gasteiger partial charge in [0.25, 0.3) is 0 Å². The first-order valence-electron chi connectivity index (χ1n) is 12.1. The first-order valence-corrected chi connectivity index (χ1v) is 14.5. The Labute approximate surface area is 192 Å². The first-order chi connectivity index (χ1) is 14.7. The third-order valence-corrected chi connectivity index (χ3v) is 13.0. The van der Waals surface area contributed by atoms with Gasteiger partial charge < -0.3 is 0 Å². The Balaban J connectivity index is 1.20. The maximum atomic E-state index is 2.74. The van der Waals surface area contributed by atoms with Crippen LogP contribution in [0.1, 0.15) is 56.6 Å². The Morgan fingerprint density at radius 1 is 0.833 bits per heavy atom. The molecule has 2 aromatic rings. The van der Waals surface area contributed by atoms with Crippen LogP contribution in [0, 0.1) is 29.1 Å². The molecule has 30 heavy (non-hydrogen) atoms. The van der Waals surface area contributed by atoms with Gasteiger partial charge in [-0.05, 0) is 0 Å². The minimum atomic E-state index is -0.752. The zero-order valence-electron chi connectivity index (χ0n) is 18.0. The van der Waals surface area contributed by atoms with E-state index in [9.17, 15) is 0 Å². The van der Waals surface area contributed by atoms with Crippen molar-refractivity contribution in [3.8, 4) is 11.1 Å². The third kappa shape index (κ3) is 2.73. The molecule has 6 aliphatic carbocycles. The second-order valence-electron chi connectivity index (χ2n) is 11.0. The summed E-state index contributed by atoms with van der Waals surface area (Å²) in [7, 11) is 0. The van der Waals surface area contributed by atoms with Gasteiger partial charge in [-0.25, -0.2) is 0 Å². The zero-order valence-corrected chi connectivity index (χ0v) is 20.4. The van der Waals surface area contributed by atoms with Crippen LogP contribution in [0.5, 0.6) is 0 Å². The molecule has 0 heterocycles. The van der Waals surface area contributed by atoms with E-state index in [1.54, 1.807) is 33.7 Å². The van der Waals surface area contributed by atoms with Gasteiger partial charge >= 0.3 is 193 Å². The van der Waals surface area contributed by atoms with E-state index in [4.69, 9.17) is 0 Å². The second kappa shape index (κ2) is 6.65. The van der Waals surface area contributed by atoms with Crippen molar-refractivity contribution in [1.82, 2.24) is 0 Å². The zero-order chi connectivity index (χ0) is 19.9. The molecule has 0 saturated heterocycles.